The summed E-state index contributed by atoms with van der Waals surface area (Å²) in [5.41, 5.74) is 1.71. The molecule has 2 heterocycles. The summed E-state index contributed by atoms with van der Waals surface area (Å²) in [6.45, 7) is 0.876. The van der Waals surface area contributed by atoms with Crippen LogP contribution in [0.5, 0.6) is 0 Å². The summed E-state index contributed by atoms with van der Waals surface area (Å²) >= 11 is 0. The van der Waals surface area contributed by atoms with Crippen LogP contribution in [0.1, 0.15) is 32.1 Å². The van der Waals surface area contributed by atoms with Crippen molar-refractivity contribution in [2.45, 2.75) is 38.1 Å². The molecule has 4 rings (SSSR count). The number of nitrogens with zero attached hydrogens (tertiary/aromatic N) is 2. The summed E-state index contributed by atoms with van der Waals surface area (Å²) in [4.78, 5) is 18.6. The van der Waals surface area contributed by atoms with Crippen LogP contribution in [-0.4, -0.2) is 28.5 Å². The van der Waals surface area contributed by atoms with Crippen molar-refractivity contribution in [3.63, 3.8) is 0 Å². The molecule has 2 fully saturated rings. The number of hydrogen-bond donors (Lipinski definition) is 1. The Bertz CT molecular complexity index is 660. The second kappa shape index (κ2) is 6.07. The molecule has 0 radical (unpaired) electrons. The van der Waals surface area contributed by atoms with Gasteiger partial charge in [-0.25, -0.2) is 9.78 Å². The third-order valence-corrected chi connectivity index (χ3v) is 5.09. The van der Waals surface area contributed by atoms with Gasteiger partial charge in [0.25, 0.3) is 0 Å². The second-order valence-corrected chi connectivity index (χ2v) is 6.44. The van der Waals surface area contributed by atoms with Gasteiger partial charge in [0.2, 0.25) is 5.89 Å². The molecule has 1 unspecified atom stereocenters. The highest BCUT2D eigenvalue weighted by molar-refractivity contribution is 5.90. The summed E-state index contributed by atoms with van der Waals surface area (Å²) in [6, 6.07) is 8.07. The maximum Gasteiger partial charge on any atom is 0.322 e. The maximum absolute atomic E-state index is 12.5. The minimum Gasteiger partial charge on any atom is -0.445 e. The SMILES string of the molecule is O=C(Nc1ccc(-c2ncco2)cc1)N1CCC1C1CCCC1. The Balaban J connectivity index is 1.38. The minimum absolute atomic E-state index is 0.0250. The zero-order chi connectivity index (χ0) is 15.6. The molecule has 5 nitrogen and oxygen atoms in total. The van der Waals surface area contributed by atoms with Crippen molar-refractivity contribution in [1.29, 1.82) is 0 Å². The molecule has 1 aliphatic carbocycles. The fourth-order valence-electron chi connectivity index (χ4n) is 3.75. The Morgan fingerprint density at radius 1 is 1.17 bits per heavy atom. The molecule has 2 amide bonds. The van der Waals surface area contributed by atoms with E-state index in [4.69, 9.17) is 4.42 Å². The highest BCUT2D eigenvalue weighted by atomic mass is 16.3. The van der Waals surface area contributed by atoms with Crippen LogP contribution in [0.25, 0.3) is 11.5 Å². The minimum atomic E-state index is 0.0250. The molecule has 1 atom stereocenters. The Hall–Kier alpha value is -2.30. The first-order valence-corrected chi connectivity index (χ1v) is 8.39. The quantitative estimate of drug-likeness (QED) is 0.927. The molecule has 5 heteroatoms. The zero-order valence-electron chi connectivity index (χ0n) is 13.1. The van der Waals surface area contributed by atoms with Gasteiger partial charge in [0.15, 0.2) is 0 Å². The zero-order valence-corrected chi connectivity index (χ0v) is 13.1. The number of nitrogens with one attached hydrogen (secondary N) is 1. The summed E-state index contributed by atoms with van der Waals surface area (Å²) in [5, 5.41) is 3.01. The molecule has 120 valence electrons. The number of benzene rings is 1. The number of hydrogen-bond acceptors (Lipinski definition) is 3. The topological polar surface area (TPSA) is 58.4 Å². The third-order valence-electron chi connectivity index (χ3n) is 5.09. The van der Waals surface area contributed by atoms with Gasteiger partial charge in [0.05, 0.1) is 6.20 Å². The predicted octanol–water partition coefficient (Wildman–Crippen LogP) is 4.14. The largest absolute Gasteiger partial charge is 0.445 e. The van der Waals surface area contributed by atoms with Crippen LogP contribution in [-0.2, 0) is 0 Å². The number of rotatable bonds is 3. The van der Waals surface area contributed by atoms with E-state index in [0.29, 0.717) is 17.9 Å². The van der Waals surface area contributed by atoms with E-state index >= 15 is 0 Å². The molecule has 0 spiro atoms. The number of urea groups is 1. The smallest absolute Gasteiger partial charge is 0.322 e. The lowest BCUT2D eigenvalue weighted by Gasteiger charge is -2.44. The van der Waals surface area contributed by atoms with Crippen molar-refractivity contribution in [3.8, 4) is 11.5 Å². The summed E-state index contributed by atoms with van der Waals surface area (Å²) < 4.78 is 5.27. The van der Waals surface area contributed by atoms with Crippen LogP contribution < -0.4 is 5.32 Å². The van der Waals surface area contributed by atoms with Crippen molar-refractivity contribution >= 4 is 11.7 Å². The van der Waals surface area contributed by atoms with Gasteiger partial charge in [-0.3, -0.25) is 0 Å². The van der Waals surface area contributed by atoms with E-state index in [2.05, 4.69) is 10.3 Å². The van der Waals surface area contributed by atoms with Gasteiger partial charge < -0.3 is 14.6 Å². The standard InChI is InChI=1S/C18H21N3O2/c22-18(21-11-9-16(21)13-3-1-2-4-13)20-15-7-5-14(6-8-15)17-19-10-12-23-17/h5-8,10,12-13,16H,1-4,9,11H2,(H,20,22). The van der Waals surface area contributed by atoms with Crippen LogP contribution in [0, 0.1) is 5.92 Å². The molecule has 1 aliphatic heterocycles. The number of anilines is 1. The molecular weight excluding hydrogens is 290 g/mol. The van der Waals surface area contributed by atoms with Crippen molar-refractivity contribution in [3.05, 3.63) is 36.7 Å². The Labute approximate surface area is 135 Å². The number of amides is 2. The van der Waals surface area contributed by atoms with Crippen LogP contribution in [0.4, 0.5) is 10.5 Å². The van der Waals surface area contributed by atoms with Crippen LogP contribution >= 0.6 is 0 Å². The fraction of sp³-hybridized carbons (Fsp3) is 0.444. The Morgan fingerprint density at radius 2 is 1.96 bits per heavy atom. The first-order valence-electron chi connectivity index (χ1n) is 8.39. The van der Waals surface area contributed by atoms with E-state index in [-0.39, 0.29) is 6.03 Å². The average Bonchev–Trinajstić information content (AvgIpc) is 3.20. The van der Waals surface area contributed by atoms with Gasteiger partial charge in [0.1, 0.15) is 6.26 Å². The van der Waals surface area contributed by atoms with Gasteiger partial charge in [-0.15, -0.1) is 0 Å². The lowest BCUT2D eigenvalue weighted by molar-refractivity contribution is 0.0854. The van der Waals surface area contributed by atoms with Crippen molar-refractivity contribution in [2.24, 2.45) is 5.92 Å². The fourth-order valence-corrected chi connectivity index (χ4v) is 3.75. The summed E-state index contributed by atoms with van der Waals surface area (Å²) in [6.07, 6.45) is 9.52. The molecule has 2 aliphatic rings. The molecular formula is C18H21N3O2. The summed E-state index contributed by atoms with van der Waals surface area (Å²) in [7, 11) is 0. The molecule has 1 aromatic heterocycles. The van der Waals surface area contributed by atoms with Crippen LogP contribution in [0.2, 0.25) is 0 Å². The molecule has 1 saturated heterocycles. The number of oxazole rings is 1. The Morgan fingerprint density at radius 3 is 2.57 bits per heavy atom. The number of carbonyl (C=O) groups excluding carboxylic acids is 1. The normalized spacial score (nSPS) is 21.2. The Kier molecular flexibility index (Phi) is 3.77. The van der Waals surface area contributed by atoms with E-state index in [9.17, 15) is 4.79 Å². The first kappa shape index (κ1) is 14.3. The van der Waals surface area contributed by atoms with Crippen LogP contribution in [0.3, 0.4) is 0 Å². The molecule has 1 saturated carbocycles. The van der Waals surface area contributed by atoms with Gasteiger partial charge in [-0.2, -0.15) is 0 Å². The molecule has 1 aromatic carbocycles. The average molecular weight is 311 g/mol. The van der Waals surface area contributed by atoms with Gasteiger partial charge in [-0.05, 0) is 49.4 Å². The summed E-state index contributed by atoms with van der Waals surface area (Å²) in [5.74, 6) is 1.30. The van der Waals surface area contributed by atoms with Crippen molar-refractivity contribution in [1.82, 2.24) is 9.88 Å². The maximum atomic E-state index is 12.5. The highest BCUT2D eigenvalue weighted by Crippen LogP contribution is 2.36. The number of carbonyl (C=O) groups is 1. The lowest BCUT2D eigenvalue weighted by atomic mass is 9.88. The molecule has 1 N–H and O–H groups in total. The number of likely N-dealkylation sites (tertiary alicyclic amines) is 1. The molecule has 2 aromatic rings. The van der Waals surface area contributed by atoms with Gasteiger partial charge >= 0.3 is 6.03 Å². The predicted molar refractivity (Wildman–Crippen MR) is 88.0 cm³/mol. The molecule has 0 bridgehead atoms. The third kappa shape index (κ3) is 2.83. The second-order valence-electron chi connectivity index (χ2n) is 6.44. The van der Waals surface area contributed by atoms with E-state index < -0.39 is 0 Å². The first-order chi connectivity index (χ1) is 11.3. The van der Waals surface area contributed by atoms with Crippen LogP contribution in [0.15, 0.2) is 41.1 Å². The highest BCUT2D eigenvalue weighted by Gasteiger charge is 2.38. The monoisotopic (exact) mass is 311 g/mol. The van der Waals surface area contributed by atoms with E-state index in [1.54, 1.807) is 12.5 Å². The van der Waals surface area contributed by atoms with E-state index in [1.807, 2.05) is 29.2 Å². The van der Waals surface area contributed by atoms with Gasteiger partial charge in [-0.1, -0.05) is 12.8 Å². The number of aromatic nitrogens is 1. The van der Waals surface area contributed by atoms with Crippen molar-refractivity contribution < 1.29 is 9.21 Å². The molecule has 23 heavy (non-hydrogen) atoms. The van der Waals surface area contributed by atoms with E-state index in [1.165, 1.54) is 25.7 Å². The van der Waals surface area contributed by atoms with Gasteiger partial charge in [0, 0.05) is 23.8 Å². The lowest BCUT2D eigenvalue weighted by Crippen LogP contribution is -2.55. The van der Waals surface area contributed by atoms with Crippen molar-refractivity contribution in [2.75, 3.05) is 11.9 Å². The van der Waals surface area contributed by atoms with E-state index in [0.717, 1.165) is 24.2 Å².